The minimum atomic E-state index is -0.358. The van der Waals surface area contributed by atoms with Gasteiger partial charge in [-0.1, -0.05) is 5.16 Å². The summed E-state index contributed by atoms with van der Waals surface area (Å²) < 4.78 is 25.4. The number of fused-ring (bicyclic) bond motifs is 3. The van der Waals surface area contributed by atoms with Crippen LogP contribution in [0.5, 0.6) is 5.75 Å². The molecule has 0 radical (unpaired) electrons. The fraction of sp³-hybridized carbons (Fsp3) is 0.231. The molecule has 0 amide bonds. The molecule has 0 saturated carbocycles. The Labute approximate surface area is 112 Å². The van der Waals surface area contributed by atoms with Gasteiger partial charge in [-0.05, 0) is 11.6 Å². The topological polar surface area (TPSA) is 79.1 Å². The van der Waals surface area contributed by atoms with Crippen molar-refractivity contribution in [2.24, 2.45) is 0 Å². The number of hydrogen-bond acceptors (Lipinski definition) is 5. The maximum Gasteiger partial charge on any atom is 0.178 e. The van der Waals surface area contributed by atoms with Crippen molar-refractivity contribution in [3.05, 3.63) is 35.4 Å². The predicted molar refractivity (Wildman–Crippen MR) is 68.9 cm³/mol. The van der Waals surface area contributed by atoms with Crippen LogP contribution < -0.4 is 10.5 Å². The van der Waals surface area contributed by atoms with Crippen molar-refractivity contribution < 1.29 is 13.7 Å². The molecule has 20 heavy (non-hydrogen) atoms. The van der Waals surface area contributed by atoms with Gasteiger partial charge in [-0.3, -0.25) is 4.68 Å². The van der Waals surface area contributed by atoms with E-state index < -0.39 is 0 Å². The molecule has 0 spiro atoms. The van der Waals surface area contributed by atoms with Crippen LogP contribution in [0.3, 0.4) is 0 Å². The van der Waals surface area contributed by atoms with E-state index in [4.69, 9.17) is 15.0 Å². The van der Waals surface area contributed by atoms with Gasteiger partial charge in [0.25, 0.3) is 0 Å². The standard InChI is InChI=1S/C13H11FN4O2/c14-8-4-16-18(6-8)5-7-3-10-11(13(15)17-20-10)12-9(7)1-2-19-12/h3-4,6H,1-2,5H2,(H2,15,17). The minimum Gasteiger partial charge on any atom is -0.492 e. The quantitative estimate of drug-likeness (QED) is 0.769. The van der Waals surface area contributed by atoms with Crippen LogP contribution in [0.4, 0.5) is 10.2 Å². The molecule has 7 heteroatoms. The third kappa shape index (κ3) is 1.56. The summed E-state index contributed by atoms with van der Waals surface area (Å²) in [5, 5.41) is 8.43. The van der Waals surface area contributed by atoms with E-state index in [-0.39, 0.29) is 5.82 Å². The maximum atomic E-state index is 13.0. The first-order valence-electron chi connectivity index (χ1n) is 6.23. The van der Waals surface area contributed by atoms with Crippen LogP contribution >= 0.6 is 0 Å². The van der Waals surface area contributed by atoms with Crippen LogP contribution in [0.1, 0.15) is 11.1 Å². The maximum absolute atomic E-state index is 13.0. The molecule has 6 nitrogen and oxygen atoms in total. The first kappa shape index (κ1) is 11.3. The van der Waals surface area contributed by atoms with Gasteiger partial charge in [0.15, 0.2) is 17.2 Å². The highest BCUT2D eigenvalue weighted by atomic mass is 19.1. The zero-order valence-corrected chi connectivity index (χ0v) is 10.5. The number of benzene rings is 1. The van der Waals surface area contributed by atoms with Gasteiger partial charge in [0, 0.05) is 12.0 Å². The van der Waals surface area contributed by atoms with Crippen molar-refractivity contribution >= 4 is 16.8 Å². The molecule has 2 aromatic heterocycles. The number of halogens is 1. The second-order valence-electron chi connectivity index (χ2n) is 4.74. The molecule has 0 atom stereocenters. The van der Waals surface area contributed by atoms with Crippen LogP contribution in [-0.4, -0.2) is 21.5 Å². The highest BCUT2D eigenvalue weighted by Crippen LogP contribution is 2.39. The second kappa shape index (κ2) is 3.96. The summed E-state index contributed by atoms with van der Waals surface area (Å²) in [4.78, 5) is 0. The number of nitrogen functional groups attached to an aromatic ring is 1. The number of nitrogens with zero attached hydrogens (tertiary/aromatic N) is 3. The Hall–Kier alpha value is -2.57. The van der Waals surface area contributed by atoms with Crippen molar-refractivity contribution in [2.75, 3.05) is 12.3 Å². The first-order chi connectivity index (χ1) is 9.72. The zero-order chi connectivity index (χ0) is 13.7. The van der Waals surface area contributed by atoms with Gasteiger partial charge in [-0.2, -0.15) is 5.10 Å². The number of anilines is 1. The lowest BCUT2D eigenvalue weighted by Gasteiger charge is -2.08. The van der Waals surface area contributed by atoms with E-state index in [9.17, 15) is 4.39 Å². The van der Waals surface area contributed by atoms with Gasteiger partial charge >= 0.3 is 0 Å². The summed E-state index contributed by atoms with van der Waals surface area (Å²) >= 11 is 0. The molecule has 0 fully saturated rings. The van der Waals surface area contributed by atoms with E-state index in [1.807, 2.05) is 6.07 Å². The lowest BCUT2D eigenvalue weighted by atomic mass is 10.0. The zero-order valence-electron chi connectivity index (χ0n) is 10.5. The fourth-order valence-corrected chi connectivity index (χ4v) is 2.61. The van der Waals surface area contributed by atoms with Crippen LogP contribution in [0.2, 0.25) is 0 Å². The molecule has 0 bridgehead atoms. The fourth-order valence-electron chi connectivity index (χ4n) is 2.61. The average Bonchev–Trinajstić information content (AvgIpc) is 3.10. The molecule has 1 aromatic carbocycles. The number of nitrogens with two attached hydrogens (primary N) is 1. The molecule has 1 aliphatic rings. The van der Waals surface area contributed by atoms with Crippen LogP contribution in [-0.2, 0) is 13.0 Å². The Morgan fingerprint density at radius 1 is 1.45 bits per heavy atom. The molecule has 3 aromatic rings. The van der Waals surface area contributed by atoms with Gasteiger partial charge in [-0.25, -0.2) is 4.39 Å². The second-order valence-corrected chi connectivity index (χ2v) is 4.74. The van der Waals surface area contributed by atoms with Crippen LogP contribution in [0.25, 0.3) is 11.0 Å². The summed E-state index contributed by atoms with van der Waals surface area (Å²) in [5.74, 6) is 0.696. The molecule has 0 aliphatic carbocycles. The van der Waals surface area contributed by atoms with Crippen molar-refractivity contribution in [1.29, 1.82) is 0 Å². The Kier molecular flexibility index (Phi) is 2.23. The summed E-state index contributed by atoms with van der Waals surface area (Å²) in [6.45, 7) is 1.05. The van der Waals surface area contributed by atoms with Gasteiger partial charge in [0.1, 0.15) is 11.1 Å². The van der Waals surface area contributed by atoms with Gasteiger partial charge in [0.2, 0.25) is 0 Å². The summed E-state index contributed by atoms with van der Waals surface area (Å²) in [7, 11) is 0. The Morgan fingerprint density at radius 2 is 2.35 bits per heavy atom. The molecule has 0 saturated heterocycles. The Balaban J connectivity index is 1.87. The van der Waals surface area contributed by atoms with Crippen molar-refractivity contribution in [1.82, 2.24) is 14.9 Å². The molecule has 2 N–H and O–H groups in total. The normalized spacial score (nSPS) is 13.7. The van der Waals surface area contributed by atoms with E-state index in [1.54, 1.807) is 0 Å². The monoisotopic (exact) mass is 274 g/mol. The Morgan fingerprint density at radius 3 is 3.15 bits per heavy atom. The number of rotatable bonds is 2. The van der Waals surface area contributed by atoms with Crippen molar-refractivity contribution in [3.63, 3.8) is 0 Å². The third-order valence-corrected chi connectivity index (χ3v) is 3.47. The van der Waals surface area contributed by atoms with Crippen molar-refractivity contribution in [2.45, 2.75) is 13.0 Å². The molecule has 3 heterocycles. The van der Waals surface area contributed by atoms with Gasteiger partial charge < -0.3 is 15.0 Å². The highest BCUT2D eigenvalue weighted by molar-refractivity contribution is 5.95. The van der Waals surface area contributed by atoms with E-state index in [2.05, 4.69) is 10.3 Å². The number of ether oxygens (including phenoxy) is 1. The molecule has 102 valence electrons. The summed E-state index contributed by atoms with van der Waals surface area (Å²) in [5.41, 5.74) is 8.41. The number of aromatic nitrogens is 3. The average molecular weight is 274 g/mol. The molecule has 4 rings (SSSR count). The molecular formula is C13H11FN4O2. The Bertz CT molecular complexity index is 808. The molecular weight excluding hydrogens is 263 g/mol. The smallest absolute Gasteiger partial charge is 0.178 e. The van der Waals surface area contributed by atoms with Gasteiger partial charge in [-0.15, -0.1) is 0 Å². The minimum absolute atomic E-state index is 0.329. The first-order valence-corrected chi connectivity index (χ1v) is 6.23. The van der Waals surface area contributed by atoms with Gasteiger partial charge in [0.05, 0.1) is 25.5 Å². The van der Waals surface area contributed by atoms with E-state index >= 15 is 0 Å². The lowest BCUT2D eigenvalue weighted by Crippen LogP contribution is -2.02. The van der Waals surface area contributed by atoms with E-state index in [0.717, 1.165) is 23.3 Å². The molecule has 0 unspecified atom stereocenters. The van der Waals surface area contributed by atoms with Crippen molar-refractivity contribution in [3.8, 4) is 5.75 Å². The third-order valence-electron chi connectivity index (χ3n) is 3.47. The highest BCUT2D eigenvalue weighted by Gasteiger charge is 2.24. The summed E-state index contributed by atoms with van der Waals surface area (Å²) in [6, 6.07) is 1.87. The van der Waals surface area contributed by atoms with E-state index in [0.29, 0.717) is 29.9 Å². The number of hydrogen-bond donors (Lipinski definition) is 1. The SMILES string of the molecule is Nc1noc2cc(Cn3cc(F)cn3)c3c(c12)OCC3. The molecule has 1 aliphatic heterocycles. The largest absolute Gasteiger partial charge is 0.492 e. The summed E-state index contributed by atoms with van der Waals surface area (Å²) in [6.07, 6.45) is 3.32. The predicted octanol–water partition coefficient (Wildman–Crippen LogP) is 1.73. The van der Waals surface area contributed by atoms with E-state index in [1.165, 1.54) is 17.1 Å². The lowest BCUT2D eigenvalue weighted by molar-refractivity contribution is 0.360. The van der Waals surface area contributed by atoms with Crippen LogP contribution in [0, 0.1) is 5.82 Å². The van der Waals surface area contributed by atoms with Crippen LogP contribution in [0.15, 0.2) is 23.0 Å².